The number of piperidine rings is 1. The van der Waals surface area contributed by atoms with E-state index in [1.807, 2.05) is 20.8 Å². The minimum absolute atomic E-state index is 0.0957. The van der Waals surface area contributed by atoms with E-state index in [4.69, 9.17) is 0 Å². The maximum atomic E-state index is 12.3. The van der Waals surface area contributed by atoms with Crippen LogP contribution in [0, 0.1) is 5.41 Å². The molecular weight excluding hydrogens is 236 g/mol. The van der Waals surface area contributed by atoms with Crippen molar-refractivity contribution in [3.63, 3.8) is 0 Å². The molecule has 0 radical (unpaired) electrons. The fourth-order valence-corrected chi connectivity index (χ4v) is 3.33. The normalized spacial score (nSPS) is 21.8. The number of rotatable bonds is 3. The molecule has 4 nitrogen and oxygen atoms in total. The molecule has 0 aromatic carbocycles. The van der Waals surface area contributed by atoms with Gasteiger partial charge in [-0.1, -0.05) is 27.2 Å². The van der Waals surface area contributed by atoms with Gasteiger partial charge in [-0.05, 0) is 24.1 Å². The van der Waals surface area contributed by atoms with E-state index in [0.29, 0.717) is 6.42 Å². The van der Waals surface area contributed by atoms with Gasteiger partial charge in [0.05, 0.1) is 0 Å². The molecular formula is C12H24N2O2S. The molecule has 100 valence electrons. The number of nitrogens with one attached hydrogen (secondary N) is 1. The molecule has 1 aliphatic heterocycles. The predicted molar refractivity (Wildman–Crippen MR) is 72.9 cm³/mol. The molecule has 0 spiro atoms. The molecule has 0 aromatic heterocycles. The van der Waals surface area contributed by atoms with Crippen molar-refractivity contribution in [2.45, 2.75) is 46.5 Å². The van der Waals surface area contributed by atoms with Gasteiger partial charge in [0.1, 0.15) is 9.89 Å². The Morgan fingerprint density at radius 1 is 1.29 bits per heavy atom. The van der Waals surface area contributed by atoms with Gasteiger partial charge in [0.2, 0.25) is 5.91 Å². The molecule has 5 heteroatoms. The smallest absolute Gasteiger partial charge is 0.232 e. The monoisotopic (exact) mass is 260 g/mol. The molecule has 1 amide bonds. The van der Waals surface area contributed by atoms with Crippen LogP contribution in [0.15, 0.2) is 0 Å². The summed E-state index contributed by atoms with van der Waals surface area (Å²) in [5.41, 5.74) is -0.0957. The van der Waals surface area contributed by atoms with Gasteiger partial charge < -0.3 is 0 Å². The summed E-state index contributed by atoms with van der Waals surface area (Å²) in [6.07, 6.45) is 3.60. The largest absolute Gasteiger partial charge is 0.274 e. The molecule has 0 aliphatic carbocycles. The Hall–Kier alpha value is -0.550. The number of nitrogens with zero attached hydrogens (tertiary/aromatic N) is 1. The second-order valence-electron chi connectivity index (χ2n) is 5.89. The van der Waals surface area contributed by atoms with Crippen molar-refractivity contribution in [1.29, 1.82) is 0 Å². The Morgan fingerprint density at radius 2 is 1.82 bits per heavy atom. The molecule has 1 unspecified atom stereocenters. The van der Waals surface area contributed by atoms with E-state index in [1.54, 1.807) is 4.31 Å². The first-order valence-corrected chi connectivity index (χ1v) is 7.82. The highest BCUT2D eigenvalue weighted by molar-refractivity contribution is 7.96. The molecule has 1 saturated heterocycles. The summed E-state index contributed by atoms with van der Waals surface area (Å²) in [6.45, 7) is 7.48. The summed E-state index contributed by atoms with van der Waals surface area (Å²) in [4.78, 5) is 11.8. The number of amides is 1. The zero-order valence-electron chi connectivity index (χ0n) is 11.1. The zero-order chi connectivity index (χ0) is 13.1. The first kappa shape index (κ1) is 14.5. The molecule has 1 rings (SSSR count). The summed E-state index contributed by atoms with van der Waals surface area (Å²) in [5, 5.41) is 0. The summed E-state index contributed by atoms with van der Waals surface area (Å²) in [5.74, 6) is 3.51. The lowest BCUT2D eigenvalue weighted by Crippen LogP contribution is -2.46. The van der Waals surface area contributed by atoms with Gasteiger partial charge in [-0.15, -0.1) is 0 Å². The van der Waals surface area contributed by atoms with Crippen LogP contribution in [0.1, 0.15) is 46.5 Å². The van der Waals surface area contributed by atoms with Crippen molar-refractivity contribution in [1.82, 2.24) is 9.03 Å². The van der Waals surface area contributed by atoms with Gasteiger partial charge in [0, 0.05) is 19.5 Å². The fourth-order valence-electron chi connectivity index (χ4n) is 1.92. The maximum absolute atomic E-state index is 12.3. The van der Waals surface area contributed by atoms with Crippen molar-refractivity contribution < 1.29 is 9.00 Å². The Bertz CT molecular complexity index is 362. The van der Waals surface area contributed by atoms with Crippen molar-refractivity contribution >= 4 is 21.7 Å². The van der Waals surface area contributed by atoms with Gasteiger partial charge >= 0.3 is 0 Å². The van der Waals surface area contributed by atoms with Gasteiger partial charge in [-0.2, -0.15) is 0 Å². The second-order valence-corrected chi connectivity index (χ2v) is 7.89. The Kier molecular flexibility index (Phi) is 4.61. The van der Waals surface area contributed by atoms with E-state index >= 15 is 0 Å². The van der Waals surface area contributed by atoms with Crippen LogP contribution in [-0.2, 0) is 14.7 Å². The number of carbonyl (C=O) groups is 1. The van der Waals surface area contributed by atoms with E-state index in [2.05, 4.69) is 10.6 Å². The van der Waals surface area contributed by atoms with E-state index in [-0.39, 0.29) is 11.3 Å². The molecule has 1 heterocycles. The number of hydrogen-bond acceptors (Lipinski definition) is 2. The average Bonchev–Trinajstić information content (AvgIpc) is 2.15. The van der Waals surface area contributed by atoms with E-state index in [0.717, 1.165) is 25.9 Å². The molecule has 17 heavy (non-hydrogen) atoms. The predicted octanol–water partition coefficient (Wildman–Crippen LogP) is 1.57. The average molecular weight is 260 g/mol. The highest BCUT2D eigenvalue weighted by atomic mass is 32.2. The molecule has 1 fully saturated rings. The zero-order valence-corrected chi connectivity index (χ0v) is 11.9. The topological polar surface area (TPSA) is 49.4 Å². The minimum Gasteiger partial charge on any atom is -0.274 e. The van der Waals surface area contributed by atoms with Crippen LogP contribution in [0.2, 0.25) is 0 Å². The summed E-state index contributed by atoms with van der Waals surface area (Å²) < 4.78 is 16.7. The Balaban J connectivity index is 2.57. The van der Waals surface area contributed by atoms with Crippen molar-refractivity contribution in [3.8, 4) is 0 Å². The van der Waals surface area contributed by atoms with Crippen molar-refractivity contribution in [3.05, 3.63) is 0 Å². The first-order valence-electron chi connectivity index (χ1n) is 6.14. The molecule has 1 aliphatic rings. The van der Waals surface area contributed by atoms with Gasteiger partial charge in [-0.3, -0.25) is 9.52 Å². The lowest BCUT2D eigenvalue weighted by Gasteiger charge is -2.30. The fraction of sp³-hybridized carbons (Fsp3) is 0.833. The maximum Gasteiger partial charge on any atom is 0.232 e. The van der Waals surface area contributed by atoms with Crippen LogP contribution in [0.5, 0.6) is 0 Å². The van der Waals surface area contributed by atoms with E-state index < -0.39 is 9.89 Å². The SMILES string of the molecule is C=S(=O)(NC(=O)CC(C)(C)C)N1CCCCC1. The van der Waals surface area contributed by atoms with Crippen LogP contribution >= 0.6 is 0 Å². The summed E-state index contributed by atoms with van der Waals surface area (Å²) >= 11 is 0. The highest BCUT2D eigenvalue weighted by Gasteiger charge is 2.23. The molecule has 0 bridgehead atoms. The third kappa shape index (κ3) is 5.08. The lowest BCUT2D eigenvalue weighted by atomic mass is 9.92. The van der Waals surface area contributed by atoms with E-state index in [1.165, 1.54) is 6.42 Å². The van der Waals surface area contributed by atoms with Crippen LogP contribution in [0.3, 0.4) is 0 Å². The summed E-state index contributed by atoms with van der Waals surface area (Å²) in [7, 11) is -2.62. The standard InChI is InChI=1S/C12H24N2O2S/c1-12(2,3)10-11(15)13-17(4,16)14-8-6-5-7-9-14/h4-10H2,1-3H3,(H,13,15,16). The quantitative estimate of drug-likeness (QED) is 0.783. The van der Waals surface area contributed by atoms with Crippen molar-refractivity contribution in [2.24, 2.45) is 5.41 Å². The highest BCUT2D eigenvalue weighted by Crippen LogP contribution is 2.18. The second kappa shape index (κ2) is 5.40. The Morgan fingerprint density at radius 3 is 2.29 bits per heavy atom. The third-order valence-electron chi connectivity index (χ3n) is 2.70. The van der Waals surface area contributed by atoms with Crippen molar-refractivity contribution in [2.75, 3.05) is 13.1 Å². The molecule has 0 saturated carbocycles. The minimum atomic E-state index is -2.62. The van der Waals surface area contributed by atoms with Gasteiger partial charge in [0.25, 0.3) is 0 Å². The number of carbonyl (C=O) groups excluding carboxylic acids is 1. The van der Waals surface area contributed by atoms with E-state index in [9.17, 15) is 9.00 Å². The number of hydrogen-bond donors (Lipinski definition) is 1. The van der Waals surface area contributed by atoms with Crippen LogP contribution in [0.4, 0.5) is 0 Å². The van der Waals surface area contributed by atoms with Crippen LogP contribution < -0.4 is 4.72 Å². The Labute approximate surface area is 105 Å². The molecule has 0 aromatic rings. The lowest BCUT2D eigenvalue weighted by molar-refractivity contribution is -0.121. The first-order chi connectivity index (χ1) is 7.71. The molecule has 1 N–H and O–H groups in total. The van der Waals surface area contributed by atoms with Gasteiger partial charge in [0.15, 0.2) is 0 Å². The van der Waals surface area contributed by atoms with Crippen LogP contribution in [0.25, 0.3) is 0 Å². The van der Waals surface area contributed by atoms with Crippen LogP contribution in [-0.4, -0.2) is 33.4 Å². The third-order valence-corrected chi connectivity index (χ3v) is 4.44. The van der Waals surface area contributed by atoms with Gasteiger partial charge in [-0.25, -0.2) is 8.51 Å². The summed E-state index contributed by atoms with van der Waals surface area (Å²) in [6, 6.07) is 0. The molecule has 1 atom stereocenters.